The molecule has 0 aliphatic heterocycles. The minimum absolute atomic E-state index is 0.925. The number of rotatable bonds is 3. The van der Waals surface area contributed by atoms with Crippen molar-refractivity contribution in [1.29, 1.82) is 0 Å². The van der Waals surface area contributed by atoms with Crippen LogP contribution < -0.4 is 0 Å². The molecule has 0 aromatic rings. The van der Waals surface area contributed by atoms with E-state index < -0.39 is 0 Å². The second-order valence-electron chi connectivity index (χ2n) is 3.24. The molecule has 0 heterocycles. The predicted molar refractivity (Wildman–Crippen MR) is 45.5 cm³/mol. The van der Waals surface area contributed by atoms with Crippen LogP contribution in [0.2, 0.25) is 0 Å². The first-order chi connectivity index (χ1) is 4.93. The van der Waals surface area contributed by atoms with Crippen LogP contribution >= 0.6 is 0 Å². The van der Waals surface area contributed by atoms with Crippen LogP contribution in [0.15, 0.2) is 0 Å². The van der Waals surface area contributed by atoms with Gasteiger partial charge in [0.05, 0.1) is 0 Å². The van der Waals surface area contributed by atoms with E-state index in [0.29, 0.717) is 0 Å². The maximum atomic E-state index is 2.51. The highest BCUT2D eigenvalue weighted by molar-refractivity contribution is 4.88. The lowest BCUT2D eigenvalue weighted by atomic mass is 9.86. The van der Waals surface area contributed by atoms with Gasteiger partial charge in [-0.1, -0.05) is 26.2 Å². The van der Waals surface area contributed by atoms with Gasteiger partial charge in [0.15, 0.2) is 0 Å². The van der Waals surface area contributed by atoms with Crippen LogP contribution in [0.25, 0.3) is 0 Å². The molecule has 1 saturated carbocycles. The second kappa shape index (κ2) is 4.76. The second-order valence-corrected chi connectivity index (χ2v) is 3.24. The molecule has 0 aromatic carbocycles. The van der Waals surface area contributed by atoms with Gasteiger partial charge < -0.3 is 0 Å². The SMILES string of the molecule is CCCCC1[CH]CC[CH]C1. The summed E-state index contributed by atoms with van der Waals surface area (Å²) in [6.07, 6.45) is 13.1. The fraction of sp³-hybridized carbons (Fsp3) is 0.800. The minimum atomic E-state index is 0.925. The van der Waals surface area contributed by atoms with Crippen molar-refractivity contribution >= 4 is 0 Å². The molecule has 0 amide bonds. The quantitative estimate of drug-likeness (QED) is 0.561. The highest BCUT2D eigenvalue weighted by Crippen LogP contribution is 2.25. The van der Waals surface area contributed by atoms with Crippen molar-refractivity contribution in [3.8, 4) is 0 Å². The van der Waals surface area contributed by atoms with Crippen molar-refractivity contribution in [1.82, 2.24) is 0 Å². The van der Waals surface area contributed by atoms with Gasteiger partial charge in [-0.3, -0.25) is 0 Å². The van der Waals surface area contributed by atoms with Crippen molar-refractivity contribution < 1.29 is 0 Å². The lowest BCUT2D eigenvalue weighted by Gasteiger charge is -2.20. The van der Waals surface area contributed by atoms with Gasteiger partial charge in [0.1, 0.15) is 0 Å². The molecule has 0 bridgehead atoms. The first-order valence-corrected chi connectivity index (χ1v) is 4.58. The Morgan fingerprint density at radius 2 is 2.30 bits per heavy atom. The molecule has 1 aliphatic carbocycles. The maximum absolute atomic E-state index is 2.51. The fourth-order valence-electron chi connectivity index (χ4n) is 1.58. The molecule has 0 nitrogen and oxygen atoms in total. The lowest BCUT2D eigenvalue weighted by Crippen LogP contribution is -2.06. The van der Waals surface area contributed by atoms with Gasteiger partial charge in [-0.25, -0.2) is 0 Å². The molecule has 0 N–H and O–H groups in total. The minimum Gasteiger partial charge on any atom is -0.0654 e. The Labute approximate surface area is 65.0 Å². The first-order valence-electron chi connectivity index (χ1n) is 4.58. The summed E-state index contributed by atoms with van der Waals surface area (Å²) < 4.78 is 0. The van der Waals surface area contributed by atoms with Crippen molar-refractivity contribution in [3.63, 3.8) is 0 Å². The van der Waals surface area contributed by atoms with Crippen molar-refractivity contribution in [2.45, 2.75) is 45.4 Å². The zero-order chi connectivity index (χ0) is 7.23. The molecule has 1 atom stereocenters. The lowest BCUT2D eigenvalue weighted by molar-refractivity contribution is 0.464. The smallest absolute Gasteiger partial charge is 0.0355 e. The zero-order valence-electron chi connectivity index (χ0n) is 6.97. The van der Waals surface area contributed by atoms with Crippen LogP contribution in [0.3, 0.4) is 0 Å². The van der Waals surface area contributed by atoms with Gasteiger partial charge >= 0.3 is 0 Å². The molecule has 58 valence electrons. The monoisotopic (exact) mass is 138 g/mol. The Kier molecular flexibility index (Phi) is 3.86. The summed E-state index contributed by atoms with van der Waals surface area (Å²) in [4.78, 5) is 0. The van der Waals surface area contributed by atoms with Gasteiger partial charge in [-0.2, -0.15) is 0 Å². The van der Waals surface area contributed by atoms with Crippen molar-refractivity contribution in [2.75, 3.05) is 0 Å². The zero-order valence-corrected chi connectivity index (χ0v) is 6.97. The average molecular weight is 138 g/mol. The van der Waals surface area contributed by atoms with E-state index in [2.05, 4.69) is 19.8 Å². The normalized spacial score (nSPS) is 21.3. The third-order valence-corrected chi connectivity index (χ3v) is 2.27. The number of unbranched alkanes of at least 4 members (excludes halogenated alkanes) is 1. The predicted octanol–water partition coefficient (Wildman–Crippen LogP) is 3.39. The molecule has 1 fully saturated rings. The number of hydrogen-bond acceptors (Lipinski definition) is 0. The summed E-state index contributed by atoms with van der Waals surface area (Å²) in [6.45, 7) is 2.27. The van der Waals surface area contributed by atoms with Gasteiger partial charge in [0.2, 0.25) is 0 Å². The van der Waals surface area contributed by atoms with Crippen LogP contribution in [-0.2, 0) is 0 Å². The molecule has 1 aliphatic rings. The molecular weight excluding hydrogens is 120 g/mol. The van der Waals surface area contributed by atoms with Crippen LogP contribution in [0.4, 0.5) is 0 Å². The third kappa shape index (κ3) is 2.72. The highest BCUT2D eigenvalue weighted by atomic mass is 14.2. The van der Waals surface area contributed by atoms with Gasteiger partial charge in [0.25, 0.3) is 0 Å². The molecule has 0 saturated heterocycles. The topological polar surface area (TPSA) is 0 Å². The van der Waals surface area contributed by atoms with E-state index in [1.165, 1.54) is 38.5 Å². The van der Waals surface area contributed by atoms with Crippen LogP contribution in [0.5, 0.6) is 0 Å². The van der Waals surface area contributed by atoms with E-state index >= 15 is 0 Å². The Bertz CT molecular complexity index is 70.1. The molecule has 2 radical (unpaired) electrons. The van der Waals surface area contributed by atoms with Crippen LogP contribution in [0, 0.1) is 18.8 Å². The molecule has 1 unspecified atom stereocenters. The molecule has 1 rings (SSSR count). The standard InChI is InChI=1S/C10H18/c1-2-3-7-10-8-5-4-6-9-10/h5,9-10H,2-4,6-8H2,1H3. The summed E-state index contributed by atoms with van der Waals surface area (Å²) in [5, 5.41) is 0. The summed E-state index contributed by atoms with van der Waals surface area (Å²) >= 11 is 0. The van der Waals surface area contributed by atoms with E-state index in [0.717, 1.165) is 5.92 Å². The molecule has 10 heavy (non-hydrogen) atoms. The van der Waals surface area contributed by atoms with Crippen LogP contribution in [-0.4, -0.2) is 0 Å². The number of hydrogen-bond donors (Lipinski definition) is 0. The van der Waals surface area contributed by atoms with Gasteiger partial charge in [-0.15, -0.1) is 0 Å². The summed E-state index contributed by atoms with van der Waals surface area (Å²) in [5.74, 6) is 0.925. The van der Waals surface area contributed by atoms with Gasteiger partial charge in [-0.05, 0) is 38.0 Å². The first kappa shape index (κ1) is 8.10. The Morgan fingerprint density at radius 1 is 1.40 bits per heavy atom. The average Bonchev–Trinajstić information content (AvgIpc) is 2.03. The van der Waals surface area contributed by atoms with Crippen molar-refractivity contribution in [2.24, 2.45) is 5.92 Å². The van der Waals surface area contributed by atoms with E-state index in [1.807, 2.05) is 0 Å². The molecular formula is C10H18. The molecule has 0 spiro atoms. The Balaban J connectivity index is 2.02. The van der Waals surface area contributed by atoms with E-state index in [9.17, 15) is 0 Å². The largest absolute Gasteiger partial charge is 0.0654 e. The summed E-state index contributed by atoms with van der Waals surface area (Å²) in [7, 11) is 0. The van der Waals surface area contributed by atoms with Crippen molar-refractivity contribution in [3.05, 3.63) is 12.8 Å². The maximum Gasteiger partial charge on any atom is -0.0355 e. The molecule has 0 aromatic heterocycles. The summed E-state index contributed by atoms with van der Waals surface area (Å²) in [6, 6.07) is 0. The third-order valence-electron chi connectivity index (χ3n) is 2.27. The van der Waals surface area contributed by atoms with Gasteiger partial charge in [0, 0.05) is 0 Å². The van der Waals surface area contributed by atoms with E-state index in [4.69, 9.17) is 0 Å². The Morgan fingerprint density at radius 3 is 2.90 bits per heavy atom. The molecule has 0 heteroatoms. The summed E-state index contributed by atoms with van der Waals surface area (Å²) in [5.41, 5.74) is 0. The van der Waals surface area contributed by atoms with Crippen LogP contribution in [0.1, 0.15) is 45.4 Å². The van der Waals surface area contributed by atoms with E-state index in [1.54, 1.807) is 0 Å². The Hall–Kier alpha value is 0. The highest BCUT2D eigenvalue weighted by Gasteiger charge is 2.12. The fourth-order valence-corrected chi connectivity index (χ4v) is 1.58. The van der Waals surface area contributed by atoms with E-state index in [-0.39, 0.29) is 0 Å².